The Kier molecular flexibility index (Phi) is 13.3. The third kappa shape index (κ3) is 10.1. The van der Waals surface area contributed by atoms with E-state index < -0.39 is 15.8 Å². The zero-order valence-corrected chi connectivity index (χ0v) is 34.4. The fourth-order valence-corrected chi connectivity index (χ4v) is 13.8. The van der Waals surface area contributed by atoms with E-state index in [1.165, 1.54) is 65.7 Å². The molecule has 0 fully saturated rings. The van der Waals surface area contributed by atoms with Gasteiger partial charge >= 0.3 is 0 Å². The topological polar surface area (TPSA) is 0 Å². The Morgan fingerprint density at radius 2 is 0.439 bits per heavy atom. The van der Waals surface area contributed by atoms with E-state index in [0.29, 0.717) is 0 Å². The maximum atomic E-state index is 2.44. The van der Waals surface area contributed by atoms with Gasteiger partial charge in [-0.05, 0) is 126 Å². The summed E-state index contributed by atoms with van der Waals surface area (Å²) in [4.78, 5) is 0. The fourth-order valence-electron chi connectivity index (χ4n) is 8.09. The molecular formula is C55H50P2. The molecule has 0 aliphatic rings. The van der Waals surface area contributed by atoms with E-state index >= 15 is 0 Å². The van der Waals surface area contributed by atoms with Crippen molar-refractivity contribution in [3.05, 3.63) is 263 Å². The molecule has 2 heteroatoms. The minimum absolute atomic E-state index is 0.638. The maximum Gasteiger partial charge on any atom is -0.00193 e. The highest BCUT2D eigenvalue weighted by molar-refractivity contribution is 7.74. The molecule has 0 unspecified atom stereocenters. The highest BCUT2D eigenvalue weighted by Gasteiger charge is 2.24. The molecule has 8 rings (SSSR count). The van der Waals surface area contributed by atoms with E-state index in [4.69, 9.17) is 0 Å². The summed E-state index contributed by atoms with van der Waals surface area (Å²) in [6.45, 7) is 0. The number of hydrogen-bond donors (Lipinski definition) is 0. The van der Waals surface area contributed by atoms with E-state index in [-0.39, 0.29) is 0 Å². The average molecular weight is 773 g/mol. The highest BCUT2D eigenvalue weighted by Crippen LogP contribution is 2.43. The molecule has 0 atom stereocenters. The molecule has 0 aromatic heterocycles. The van der Waals surface area contributed by atoms with Crippen molar-refractivity contribution in [2.24, 2.45) is 0 Å². The van der Waals surface area contributed by atoms with Crippen molar-refractivity contribution in [3.63, 3.8) is 0 Å². The SMILES string of the molecule is c1ccc(Cc2ccccc2P(CCCP(c2ccccc2Cc2ccccc2)c2ccccc2Cc2ccccc2)c2ccccc2Cc2ccccc2)cc1. The van der Waals surface area contributed by atoms with Gasteiger partial charge in [0, 0.05) is 0 Å². The third-order valence-electron chi connectivity index (χ3n) is 10.8. The van der Waals surface area contributed by atoms with E-state index in [9.17, 15) is 0 Å². The summed E-state index contributed by atoms with van der Waals surface area (Å²) in [7, 11) is -1.28. The molecule has 57 heavy (non-hydrogen) atoms. The van der Waals surface area contributed by atoms with Crippen molar-refractivity contribution >= 4 is 37.1 Å². The lowest BCUT2D eigenvalue weighted by Gasteiger charge is -2.27. The number of rotatable bonds is 16. The van der Waals surface area contributed by atoms with Crippen LogP contribution in [0, 0.1) is 0 Å². The Balaban J connectivity index is 1.18. The van der Waals surface area contributed by atoms with E-state index in [2.05, 4.69) is 218 Å². The first-order valence-electron chi connectivity index (χ1n) is 20.3. The minimum Gasteiger partial charge on any atom is -0.0622 e. The number of benzene rings is 8. The molecule has 0 saturated carbocycles. The van der Waals surface area contributed by atoms with Crippen LogP contribution in [0.4, 0.5) is 0 Å². The van der Waals surface area contributed by atoms with Crippen LogP contribution in [0.25, 0.3) is 0 Å². The first kappa shape index (κ1) is 38.5. The Morgan fingerprint density at radius 1 is 0.228 bits per heavy atom. The molecule has 8 aromatic carbocycles. The molecule has 0 bridgehead atoms. The van der Waals surface area contributed by atoms with Crippen LogP contribution in [0.5, 0.6) is 0 Å². The molecule has 0 N–H and O–H groups in total. The summed E-state index contributed by atoms with van der Waals surface area (Å²) in [5, 5.41) is 6.09. The summed E-state index contributed by atoms with van der Waals surface area (Å²) >= 11 is 0. The van der Waals surface area contributed by atoms with Crippen LogP contribution in [0.1, 0.15) is 50.9 Å². The normalized spacial score (nSPS) is 11.3. The zero-order chi connectivity index (χ0) is 38.5. The first-order chi connectivity index (χ1) is 28.3. The maximum absolute atomic E-state index is 2.44. The second-order valence-electron chi connectivity index (χ2n) is 14.8. The summed E-state index contributed by atoms with van der Waals surface area (Å²) in [6, 6.07) is 81.3. The van der Waals surface area contributed by atoms with Gasteiger partial charge < -0.3 is 0 Å². The Labute approximate surface area is 342 Å². The lowest BCUT2D eigenvalue weighted by Crippen LogP contribution is -2.24. The first-order valence-corrected chi connectivity index (χ1v) is 23.4. The third-order valence-corrected chi connectivity index (χ3v) is 16.4. The van der Waals surface area contributed by atoms with Crippen molar-refractivity contribution in [2.45, 2.75) is 32.1 Å². The molecule has 280 valence electrons. The van der Waals surface area contributed by atoms with Crippen molar-refractivity contribution in [3.8, 4) is 0 Å². The van der Waals surface area contributed by atoms with Crippen LogP contribution in [0.3, 0.4) is 0 Å². The van der Waals surface area contributed by atoms with Gasteiger partial charge in [-0.25, -0.2) is 0 Å². The van der Waals surface area contributed by atoms with Gasteiger partial charge in [-0.1, -0.05) is 218 Å². The van der Waals surface area contributed by atoms with Crippen LogP contribution < -0.4 is 21.2 Å². The van der Waals surface area contributed by atoms with Gasteiger partial charge in [0.2, 0.25) is 0 Å². The lowest BCUT2D eigenvalue weighted by atomic mass is 10.1. The van der Waals surface area contributed by atoms with E-state index in [1.807, 2.05) is 0 Å². The molecule has 0 aliphatic heterocycles. The quantitative estimate of drug-likeness (QED) is 0.0858. The monoisotopic (exact) mass is 772 g/mol. The van der Waals surface area contributed by atoms with Gasteiger partial charge in [0.15, 0.2) is 0 Å². The van der Waals surface area contributed by atoms with Crippen molar-refractivity contribution in [2.75, 3.05) is 12.3 Å². The van der Waals surface area contributed by atoms with Crippen LogP contribution in [-0.4, -0.2) is 12.3 Å². The van der Waals surface area contributed by atoms with Crippen LogP contribution in [0.15, 0.2) is 218 Å². The second kappa shape index (κ2) is 19.7. The molecule has 0 heterocycles. The smallest absolute Gasteiger partial charge is 0.00193 e. The predicted octanol–water partition coefficient (Wildman–Crippen LogP) is 12.0. The standard InChI is InChI=1S/C55H50P2/c1-5-22-44(23-6-1)40-48-30-13-17-34-52(48)56(53-35-18-14-31-49(53)41-45-24-7-2-8-25-45)38-21-39-57(54-36-19-15-32-50(54)42-46-26-9-3-10-27-46)55-37-20-16-33-51(55)43-47-28-11-4-12-29-47/h1-20,22-37H,21,38-43H2. The summed E-state index contributed by atoms with van der Waals surface area (Å²) in [5.41, 5.74) is 11.3. The Morgan fingerprint density at radius 3 is 0.684 bits per heavy atom. The van der Waals surface area contributed by atoms with E-state index in [0.717, 1.165) is 44.4 Å². The highest BCUT2D eigenvalue weighted by atomic mass is 31.1. The Hall–Kier alpha value is -5.38. The molecule has 0 spiro atoms. The fraction of sp³-hybridized carbons (Fsp3) is 0.127. The van der Waals surface area contributed by atoms with Crippen molar-refractivity contribution in [1.29, 1.82) is 0 Å². The van der Waals surface area contributed by atoms with Gasteiger partial charge in [0.1, 0.15) is 0 Å². The Bertz CT molecular complexity index is 2100. The van der Waals surface area contributed by atoms with Gasteiger partial charge in [0.25, 0.3) is 0 Å². The van der Waals surface area contributed by atoms with Crippen molar-refractivity contribution < 1.29 is 0 Å². The molecular weight excluding hydrogens is 723 g/mol. The largest absolute Gasteiger partial charge is 0.0622 e. The van der Waals surface area contributed by atoms with Gasteiger partial charge in [0.05, 0.1) is 0 Å². The molecule has 0 nitrogen and oxygen atoms in total. The van der Waals surface area contributed by atoms with Crippen LogP contribution in [-0.2, 0) is 25.7 Å². The van der Waals surface area contributed by atoms with Crippen LogP contribution >= 0.6 is 15.8 Å². The van der Waals surface area contributed by atoms with E-state index in [1.54, 1.807) is 0 Å². The van der Waals surface area contributed by atoms with Gasteiger partial charge in [-0.15, -0.1) is 0 Å². The molecule has 0 amide bonds. The van der Waals surface area contributed by atoms with Gasteiger partial charge in [-0.3, -0.25) is 0 Å². The van der Waals surface area contributed by atoms with Gasteiger partial charge in [-0.2, -0.15) is 0 Å². The number of hydrogen-bond acceptors (Lipinski definition) is 0. The predicted molar refractivity (Wildman–Crippen MR) is 249 cm³/mol. The molecule has 0 aliphatic carbocycles. The zero-order valence-electron chi connectivity index (χ0n) is 32.6. The summed E-state index contributed by atoms with van der Waals surface area (Å²) in [5.74, 6) is 0. The second-order valence-corrected chi connectivity index (χ2v) is 19.4. The molecule has 0 radical (unpaired) electrons. The average Bonchev–Trinajstić information content (AvgIpc) is 3.27. The summed E-state index contributed by atoms with van der Waals surface area (Å²) in [6.07, 6.45) is 7.23. The summed E-state index contributed by atoms with van der Waals surface area (Å²) < 4.78 is 0. The van der Waals surface area contributed by atoms with Crippen LogP contribution in [0.2, 0.25) is 0 Å². The minimum atomic E-state index is -0.638. The molecule has 0 saturated heterocycles. The lowest BCUT2D eigenvalue weighted by molar-refractivity contribution is 1.11. The van der Waals surface area contributed by atoms with Crippen molar-refractivity contribution in [1.82, 2.24) is 0 Å². The molecule has 8 aromatic rings.